The number of carbonyl (C=O) groups excluding carboxylic acids is 1. The van der Waals surface area contributed by atoms with Crippen LogP contribution in [0.3, 0.4) is 0 Å². The van der Waals surface area contributed by atoms with E-state index in [1.807, 2.05) is 13.8 Å². The molecular weight excluding hydrogens is 180 g/mol. The standard InChI is InChI=1S/C10H18N2O2/c1-5-6-11-10(13)9(4)12-14-7-8(2)3/h1,8-9,12H,6-7H2,2-4H3,(H,11,13). The molecule has 0 rings (SSSR count). The monoisotopic (exact) mass is 198 g/mol. The van der Waals surface area contributed by atoms with Gasteiger partial charge >= 0.3 is 0 Å². The van der Waals surface area contributed by atoms with Crippen LogP contribution in [0.5, 0.6) is 0 Å². The van der Waals surface area contributed by atoms with Crippen LogP contribution in [0.25, 0.3) is 0 Å². The van der Waals surface area contributed by atoms with Crippen molar-refractivity contribution in [2.24, 2.45) is 5.92 Å². The minimum atomic E-state index is -0.387. The molecule has 0 aliphatic carbocycles. The molecule has 0 heterocycles. The van der Waals surface area contributed by atoms with Crippen LogP contribution in [0.1, 0.15) is 20.8 Å². The van der Waals surface area contributed by atoms with Crippen LogP contribution in [0.2, 0.25) is 0 Å². The summed E-state index contributed by atoms with van der Waals surface area (Å²) in [6.07, 6.45) is 5.00. The van der Waals surface area contributed by atoms with Gasteiger partial charge in [-0.1, -0.05) is 19.8 Å². The highest BCUT2D eigenvalue weighted by molar-refractivity contribution is 5.81. The van der Waals surface area contributed by atoms with Gasteiger partial charge in [0.05, 0.1) is 13.2 Å². The van der Waals surface area contributed by atoms with Gasteiger partial charge < -0.3 is 10.2 Å². The van der Waals surface area contributed by atoms with E-state index in [0.717, 1.165) is 0 Å². The maximum Gasteiger partial charge on any atom is 0.239 e. The molecular formula is C10H18N2O2. The SMILES string of the molecule is C#CCNC(=O)C(C)NOCC(C)C. The Bertz CT molecular complexity index is 209. The molecule has 0 bridgehead atoms. The number of hydrogen-bond acceptors (Lipinski definition) is 3. The zero-order chi connectivity index (χ0) is 11.0. The fourth-order valence-corrected chi connectivity index (χ4v) is 0.685. The highest BCUT2D eigenvalue weighted by Crippen LogP contribution is 1.91. The summed E-state index contributed by atoms with van der Waals surface area (Å²) in [5.41, 5.74) is 2.64. The first kappa shape index (κ1) is 12.9. The molecule has 2 N–H and O–H groups in total. The second kappa shape index (κ2) is 7.36. The summed E-state index contributed by atoms with van der Waals surface area (Å²) in [5.74, 6) is 2.60. The quantitative estimate of drug-likeness (QED) is 0.477. The fraction of sp³-hybridized carbons (Fsp3) is 0.700. The number of amides is 1. The van der Waals surface area contributed by atoms with Gasteiger partial charge in [-0.15, -0.1) is 6.42 Å². The molecule has 0 aliphatic rings. The first-order chi connectivity index (χ1) is 6.57. The Labute approximate surface area is 85.4 Å². The molecule has 0 spiro atoms. The van der Waals surface area contributed by atoms with E-state index in [4.69, 9.17) is 11.3 Å². The largest absolute Gasteiger partial charge is 0.344 e. The molecule has 4 heteroatoms. The van der Waals surface area contributed by atoms with Crippen LogP contribution in [-0.4, -0.2) is 25.1 Å². The van der Waals surface area contributed by atoms with E-state index in [9.17, 15) is 4.79 Å². The first-order valence-corrected chi connectivity index (χ1v) is 4.66. The van der Waals surface area contributed by atoms with Crippen molar-refractivity contribution in [2.45, 2.75) is 26.8 Å². The molecule has 0 aromatic carbocycles. The van der Waals surface area contributed by atoms with Crippen molar-refractivity contribution in [1.82, 2.24) is 10.8 Å². The zero-order valence-corrected chi connectivity index (χ0v) is 8.96. The average Bonchev–Trinajstić information content (AvgIpc) is 2.13. The van der Waals surface area contributed by atoms with Crippen molar-refractivity contribution in [2.75, 3.05) is 13.2 Å². The van der Waals surface area contributed by atoms with Gasteiger partial charge in [0.25, 0.3) is 0 Å². The zero-order valence-electron chi connectivity index (χ0n) is 8.96. The summed E-state index contributed by atoms with van der Waals surface area (Å²) in [5, 5.41) is 2.55. The third-order valence-corrected chi connectivity index (χ3v) is 1.43. The molecule has 1 atom stereocenters. The normalized spacial score (nSPS) is 12.2. The van der Waals surface area contributed by atoms with E-state index >= 15 is 0 Å². The third-order valence-electron chi connectivity index (χ3n) is 1.43. The van der Waals surface area contributed by atoms with Crippen LogP contribution < -0.4 is 10.8 Å². The smallest absolute Gasteiger partial charge is 0.239 e. The maximum absolute atomic E-state index is 11.2. The molecule has 0 saturated heterocycles. The maximum atomic E-state index is 11.2. The van der Waals surface area contributed by atoms with Crippen molar-refractivity contribution in [3.8, 4) is 12.3 Å². The minimum absolute atomic E-state index is 0.160. The van der Waals surface area contributed by atoms with Crippen molar-refractivity contribution < 1.29 is 9.63 Å². The van der Waals surface area contributed by atoms with Gasteiger partial charge in [0, 0.05) is 0 Å². The summed E-state index contributed by atoms with van der Waals surface area (Å²) in [6.45, 7) is 6.60. The average molecular weight is 198 g/mol. The van der Waals surface area contributed by atoms with Crippen molar-refractivity contribution in [1.29, 1.82) is 0 Å². The Morgan fingerprint density at radius 2 is 2.14 bits per heavy atom. The lowest BCUT2D eigenvalue weighted by Crippen LogP contribution is -2.42. The number of hydroxylamine groups is 1. The number of hydrogen-bond donors (Lipinski definition) is 2. The Morgan fingerprint density at radius 1 is 1.50 bits per heavy atom. The Balaban J connectivity index is 3.58. The molecule has 14 heavy (non-hydrogen) atoms. The summed E-state index contributed by atoms with van der Waals surface area (Å²) in [6, 6.07) is -0.387. The van der Waals surface area contributed by atoms with Gasteiger partial charge in [-0.2, -0.15) is 5.48 Å². The van der Waals surface area contributed by atoms with Crippen LogP contribution >= 0.6 is 0 Å². The van der Waals surface area contributed by atoms with Gasteiger partial charge in [0.1, 0.15) is 6.04 Å². The third kappa shape index (κ3) is 6.46. The second-order valence-electron chi connectivity index (χ2n) is 3.47. The van der Waals surface area contributed by atoms with Crippen molar-refractivity contribution in [3.05, 3.63) is 0 Å². The first-order valence-electron chi connectivity index (χ1n) is 4.66. The summed E-state index contributed by atoms with van der Waals surface area (Å²) in [7, 11) is 0. The molecule has 1 unspecified atom stereocenters. The molecule has 0 aromatic rings. The number of nitrogens with one attached hydrogen (secondary N) is 2. The second-order valence-corrected chi connectivity index (χ2v) is 3.47. The van der Waals surface area contributed by atoms with Crippen LogP contribution in [-0.2, 0) is 9.63 Å². The molecule has 80 valence electrons. The minimum Gasteiger partial charge on any atom is -0.344 e. The van der Waals surface area contributed by atoms with Gasteiger partial charge in [-0.3, -0.25) is 4.79 Å². The topological polar surface area (TPSA) is 50.4 Å². The number of carbonyl (C=O) groups is 1. The fourth-order valence-electron chi connectivity index (χ4n) is 0.685. The van der Waals surface area contributed by atoms with E-state index in [1.54, 1.807) is 6.92 Å². The van der Waals surface area contributed by atoms with E-state index in [2.05, 4.69) is 16.7 Å². The van der Waals surface area contributed by atoms with Gasteiger partial charge in [-0.05, 0) is 12.8 Å². The highest BCUT2D eigenvalue weighted by atomic mass is 16.6. The van der Waals surface area contributed by atoms with Crippen LogP contribution in [0.4, 0.5) is 0 Å². The van der Waals surface area contributed by atoms with E-state index < -0.39 is 0 Å². The van der Waals surface area contributed by atoms with Gasteiger partial charge in [0.15, 0.2) is 0 Å². The highest BCUT2D eigenvalue weighted by Gasteiger charge is 2.11. The molecule has 4 nitrogen and oxygen atoms in total. The lowest BCUT2D eigenvalue weighted by atomic mass is 10.2. The predicted molar refractivity (Wildman–Crippen MR) is 55.2 cm³/mol. The lowest BCUT2D eigenvalue weighted by Gasteiger charge is -2.13. The molecule has 0 aliphatic heterocycles. The van der Waals surface area contributed by atoms with Gasteiger partial charge in [-0.25, -0.2) is 0 Å². The summed E-state index contributed by atoms with van der Waals surface area (Å²) in [4.78, 5) is 16.3. The van der Waals surface area contributed by atoms with Crippen molar-refractivity contribution in [3.63, 3.8) is 0 Å². The molecule has 0 aromatic heterocycles. The molecule has 0 radical (unpaired) electrons. The molecule has 1 amide bonds. The van der Waals surface area contributed by atoms with E-state index in [0.29, 0.717) is 12.5 Å². The molecule has 0 saturated carbocycles. The number of rotatable bonds is 6. The van der Waals surface area contributed by atoms with Gasteiger partial charge in [0.2, 0.25) is 5.91 Å². The lowest BCUT2D eigenvalue weighted by molar-refractivity contribution is -0.126. The number of terminal acetylenes is 1. The Kier molecular flexibility index (Phi) is 6.81. The van der Waals surface area contributed by atoms with Crippen LogP contribution in [0, 0.1) is 18.3 Å². The Hall–Kier alpha value is -1.05. The van der Waals surface area contributed by atoms with Crippen LogP contribution in [0.15, 0.2) is 0 Å². The Morgan fingerprint density at radius 3 is 2.64 bits per heavy atom. The predicted octanol–water partition coefficient (Wildman–Crippen LogP) is 0.301. The molecule has 0 fully saturated rings. The van der Waals surface area contributed by atoms with E-state index in [-0.39, 0.29) is 18.5 Å². The van der Waals surface area contributed by atoms with E-state index in [1.165, 1.54) is 0 Å². The summed E-state index contributed by atoms with van der Waals surface area (Å²) < 4.78 is 0. The summed E-state index contributed by atoms with van der Waals surface area (Å²) >= 11 is 0. The van der Waals surface area contributed by atoms with Crippen molar-refractivity contribution >= 4 is 5.91 Å².